The Labute approximate surface area is 166 Å². The molecule has 2 nitrogen and oxygen atoms in total. The zero-order valence-electron chi connectivity index (χ0n) is 13.9. The van der Waals surface area contributed by atoms with Gasteiger partial charge in [-0.2, -0.15) is 0 Å². The van der Waals surface area contributed by atoms with Crippen LogP contribution in [-0.4, -0.2) is 44.6 Å². The monoisotopic (exact) mass is 416 g/mol. The topological polar surface area (TPSA) is 6.48 Å². The Balaban J connectivity index is -0.000000295. The molecule has 0 aliphatic rings. The van der Waals surface area contributed by atoms with Gasteiger partial charge in [-0.3, -0.25) is 0 Å². The van der Waals surface area contributed by atoms with Crippen LogP contribution < -0.4 is 0 Å². The molecule has 0 aromatic carbocycles. The van der Waals surface area contributed by atoms with Gasteiger partial charge in [0.1, 0.15) is 0 Å². The molecule has 122 valence electrons. The summed E-state index contributed by atoms with van der Waals surface area (Å²) in [6.07, 6.45) is 4.49. The third-order valence-corrected chi connectivity index (χ3v) is 3.52. The van der Waals surface area contributed by atoms with Gasteiger partial charge in [0.15, 0.2) is 0 Å². The molecule has 21 heavy (non-hydrogen) atoms. The van der Waals surface area contributed by atoms with E-state index in [0.29, 0.717) is 8.64 Å². The molecule has 0 N–H and O–H groups in total. The van der Waals surface area contributed by atoms with Crippen LogP contribution in [0.15, 0.2) is 0 Å². The summed E-state index contributed by atoms with van der Waals surface area (Å²) in [5.41, 5.74) is 0. The molecule has 0 saturated heterocycles. The molecular formula is C14H28N2S4Zn-2. The first-order chi connectivity index (χ1) is 9.44. The molecule has 0 aromatic heterocycles. The maximum absolute atomic E-state index is 4.89. The summed E-state index contributed by atoms with van der Waals surface area (Å²) in [6, 6.07) is 0. The average molecular weight is 418 g/mol. The second-order valence-corrected chi connectivity index (χ2v) is 6.57. The van der Waals surface area contributed by atoms with Crippen LogP contribution in [0.4, 0.5) is 0 Å². The second-order valence-electron chi connectivity index (χ2n) is 4.51. The van der Waals surface area contributed by atoms with E-state index in [0.717, 1.165) is 51.9 Å². The molecule has 0 saturated carbocycles. The Morgan fingerprint density at radius 2 is 0.857 bits per heavy atom. The molecular weight excluding hydrogens is 390 g/mol. The first kappa shape index (κ1) is 26.7. The van der Waals surface area contributed by atoms with E-state index >= 15 is 0 Å². The van der Waals surface area contributed by atoms with Crippen LogP contribution in [0, 0.1) is 0 Å². The summed E-state index contributed by atoms with van der Waals surface area (Å²) in [6.45, 7) is 12.6. The molecule has 0 bridgehead atoms. The van der Waals surface area contributed by atoms with E-state index in [1.165, 1.54) is 0 Å². The molecule has 0 fully saturated rings. The van der Waals surface area contributed by atoms with Crippen molar-refractivity contribution in [2.45, 2.75) is 53.4 Å². The number of hydrogen-bond donors (Lipinski definition) is 0. The van der Waals surface area contributed by atoms with Crippen LogP contribution in [-0.2, 0) is 44.7 Å². The van der Waals surface area contributed by atoms with E-state index in [1.807, 2.05) is 0 Å². The first-order valence-corrected chi connectivity index (χ1v) is 8.99. The van der Waals surface area contributed by atoms with E-state index in [4.69, 9.17) is 49.7 Å². The predicted molar refractivity (Wildman–Crippen MR) is 104 cm³/mol. The second kappa shape index (κ2) is 18.9. The summed E-state index contributed by atoms with van der Waals surface area (Å²) in [5, 5.41) is 0. The average Bonchev–Trinajstić information content (AvgIpc) is 2.38. The van der Waals surface area contributed by atoms with Crippen LogP contribution in [0.3, 0.4) is 0 Å². The standard InChI is InChI=1S/2C7H15NS2.Zn/c2*1-3-5-8(6-4-2)7(9)10;/h2*3-6H2,1-2H3,(H,9,10);/p-2. The van der Waals surface area contributed by atoms with Crippen molar-refractivity contribution < 1.29 is 19.5 Å². The van der Waals surface area contributed by atoms with Gasteiger partial charge in [0.05, 0.1) is 0 Å². The minimum atomic E-state index is 0. The Kier molecular flexibility index (Phi) is 24.0. The molecule has 0 rings (SSSR count). The third kappa shape index (κ3) is 17.0. The maximum Gasteiger partial charge on any atom is 0.0159 e. The fourth-order valence-corrected chi connectivity index (χ4v) is 2.40. The normalized spacial score (nSPS) is 8.95. The molecule has 0 aliphatic heterocycles. The van der Waals surface area contributed by atoms with Crippen molar-refractivity contribution in [2.75, 3.05) is 26.2 Å². The van der Waals surface area contributed by atoms with Gasteiger partial charge in [-0.05, 0) is 25.7 Å². The SMILES string of the molecule is CCCN(CCC)C(=S)[S-].CCCN(CCC)C(=S)[S-].[Zn]. The van der Waals surface area contributed by atoms with Gasteiger partial charge < -0.3 is 59.5 Å². The number of rotatable bonds is 8. The van der Waals surface area contributed by atoms with Crippen molar-refractivity contribution in [3.8, 4) is 0 Å². The van der Waals surface area contributed by atoms with Crippen molar-refractivity contribution in [2.24, 2.45) is 0 Å². The van der Waals surface area contributed by atoms with Crippen LogP contribution in [0.2, 0.25) is 0 Å². The summed E-state index contributed by atoms with van der Waals surface area (Å²) < 4.78 is 1.23. The van der Waals surface area contributed by atoms with Crippen molar-refractivity contribution in [1.82, 2.24) is 9.80 Å². The fourth-order valence-electron chi connectivity index (χ4n) is 1.67. The zero-order valence-corrected chi connectivity index (χ0v) is 20.1. The fraction of sp³-hybridized carbons (Fsp3) is 0.857. The predicted octanol–water partition coefficient (Wildman–Crippen LogP) is 3.88. The van der Waals surface area contributed by atoms with Crippen LogP contribution in [0.1, 0.15) is 53.4 Å². The van der Waals surface area contributed by atoms with Crippen molar-refractivity contribution in [3.05, 3.63) is 0 Å². The Morgan fingerprint density at radius 3 is 0.952 bits per heavy atom. The van der Waals surface area contributed by atoms with E-state index < -0.39 is 0 Å². The molecule has 0 unspecified atom stereocenters. The molecule has 0 aliphatic carbocycles. The van der Waals surface area contributed by atoms with Gasteiger partial charge in [0.25, 0.3) is 0 Å². The first-order valence-electron chi connectivity index (χ1n) is 7.36. The van der Waals surface area contributed by atoms with Gasteiger partial charge in [-0.25, -0.2) is 0 Å². The van der Waals surface area contributed by atoms with Crippen LogP contribution >= 0.6 is 24.4 Å². The summed E-state index contributed by atoms with van der Waals surface area (Å²) in [4.78, 5) is 4.15. The van der Waals surface area contributed by atoms with E-state index in [1.54, 1.807) is 0 Å². The Bertz CT molecular complexity index is 227. The largest absolute Gasteiger partial charge is 0.411 e. The summed E-state index contributed by atoms with van der Waals surface area (Å²) in [7, 11) is 0. The third-order valence-electron chi connectivity index (χ3n) is 2.49. The molecule has 0 amide bonds. The molecule has 0 heterocycles. The molecule has 0 spiro atoms. The molecule has 0 radical (unpaired) electrons. The maximum atomic E-state index is 4.89. The van der Waals surface area contributed by atoms with Gasteiger partial charge >= 0.3 is 0 Å². The van der Waals surface area contributed by atoms with E-state index in [-0.39, 0.29) is 19.5 Å². The minimum absolute atomic E-state index is 0. The van der Waals surface area contributed by atoms with Crippen molar-refractivity contribution in [1.29, 1.82) is 0 Å². The number of nitrogens with zero attached hydrogens (tertiary/aromatic N) is 2. The zero-order chi connectivity index (χ0) is 16.0. The van der Waals surface area contributed by atoms with Crippen LogP contribution in [0.5, 0.6) is 0 Å². The smallest absolute Gasteiger partial charge is 0.0159 e. The van der Waals surface area contributed by atoms with E-state index in [2.05, 4.69) is 37.5 Å². The molecule has 0 aromatic rings. The Morgan fingerprint density at radius 1 is 0.667 bits per heavy atom. The van der Waals surface area contributed by atoms with Crippen LogP contribution in [0.25, 0.3) is 0 Å². The van der Waals surface area contributed by atoms with Gasteiger partial charge in [0.2, 0.25) is 0 Å². The quantitative estimate of drug-likeness (QED) is 0.333. The van der Waals surface area contributed by atoms with Crippen molar-refractivity contribution in [3.63, 3.8) is 0 Å². The molecule has 0 atom stereocenters. The van der Waals surface area contributed by atoms with Crippen molar-refractivity contribution >= 4 is 58.3 Å². The van der Waals surface area contributed by atoms with Gasteiger partial charge in [-0.1, -0.05) is 36.3 Å². The summed E-state index contributed by atoms with van der Waals surface area (Å²) >= 11 is 19.6. The Hall–Kier alpha value is 0.843. The van der Waals surface area contributed by atoms with Gasteiger partial charge in [-0.15, -0.1) is 0 Å². The van der Waals surface area contributed by atoms with E-state index in [9.17, 15) is 0 Å². The van der Waals surface area contributed by atoms with Gasteiger partial charge in [0, 0.05) is 45.7 Å². The number of thiocarbonyl (C=S) groups is 2. The summed E-state index contributed by atoms with van der Waals surface area (Å²) in [5.74, 6) is 0. The minimum Gasteiger partial charge on any atom is -0.411 e. The molecule has 7 heteroatoms. The number of hydrogen-bond acceptors (Lipinski definition) is 4.